The Labute approximate surface area is 247 Å². The smallest absolute Gasteiger partial charge is 0.409 e. The summed E-state index contributed by atoms with van der Waals surface area (Å²) in [5.41, 5.74) is 4.23. The number of sulfonamides is 1. The zero-order chi connectivity index (χ0) is 30.2. The van der Waals surface area contributed by atoms with Gasteiger partial charge in [0.25, 0.3) is 5.91 Å². The van der Waals surface area contributed by atoms with Crippen molar-refractivity contribution in [1.29, 1.82) is 0 Å². The molecule has 0 radical (unpaired) electrons. The van der Waals surface area contributed by atoms with Crippen molar-refractivity contribution in [1.82, 2.24) is 9.47 Å². The number of fused-ring (bicyclic) bond motifs is 1. The van der Waals surface area contributed by atoms with Gasteiger partial charge >= 0.3 is 6.09 Å². The van der Waals surface area contributed by atoms with Crippen molar-refractivity contribution in [2.75, 3.05) is 43.1 Å². The first-order valence-corrected chi connectivity index (χ1v) is 16.3. The molecule has 2 N–H and O–H groups in total. The van der Waals surface area contributed by atoms with Crippen LogP contribution in [0.4, 0.5) is 16.2 Å². The maximum Gasteiger partial charge on any atom is 0.409 e. The fourth-order valence-electron chi connectivity index (χ4n) is 5.96. The van der Waals surface area contributed by atoms with Crippen molar-refractivity contribution >= 4 is 44.3 Å². The Morgan fingerprint density at radius 1 is 1.10 bits per heavy atom. The summed E-state index contributed by atoms with van der Waals surface area (Å²) in [6.45, 7) is 5.67. The summed E-state index contributed by atoms with van der Waals surface area (Å²) in [7, 11) is -0.229. The average Bonchev–Trinajstić information content (AvgIpc) is 3.59. The van der Waals surface area contributed by atoms with Gasteiger partial charge in [0.15, 0.2) is 5.75 Å². The minimum Gasteiger partial charge on any atom is -0.492 e. The minimum absolute atomic E-state index is 0.0687. The fourth-order valence-corrected chi connectivity index (χ4v) is 6.51. The van der Waals surface area contributed by atoms with Crippen molar-refractivity contribution in [2.45, 2.75) is 51.4 Å². The van der Waals surface area contributed by atoms with Crippen LogP contribution in [0.2, 0.25) is 0 Å². The lowest BCUT2D eigenvalue weighted by atomic mass is 9.89. The monoisotopic (exact) mass is 596 g/mol. The van der Waals surface area contributed by atoms with E-state index >= 15 is 0 Å². The topological polar surface area (TPSA) is 119 Å². The van der Waals surface area contributed by atoms with Gasteiger partial charge in [0.2, 0.25) is 10.0 Å². The highest BCUT2D eigenvalue weighted by atomic mass is 32.2. The Kier molecular flexibility index (Phi) is 8.15. The molecule has 2 heterocycles. The molecule has 0 spiro atoms. The number of carbonyl (C=O) groups is 2. The van der Waals surface area contributed by atoms with E-state index in [0.717, 1.165) is 60.4 Å². The van der Waals surface area contributed by atoms with E-state index in [0.29, 0.717) is 42.7 Å². The molecule has 2 fully saturated rings. The molecule has 0 bridgehead atoms. The average molecular weight is 597 g/mol. The van der Waals surface area contributed by atoms with Gasteiger partial charge in [0.05, 0.1) is 36.9 Å². The summed E-state index contributed by atoms with van der Waals surface area (Å²) < 4.78 is 39.4. The number of hydrogen-bond acceptors (Lipinski definition) is 6. The van der Waals surface area contributed by atoms with E-state index in [4.69, 9.17) is 9.47 Å². The van der Waals surface area contributed by atoms with Crippen molar-refractivity contribution in [2.24, 2.45) is 13.0 Å². The molecule has 2 aliphatic rings. The molecular formula is C31H40N4O6S. The maximum absolute atomic E-state index is 13.7. The quantitative estimate of drug-likeness (QED) is 0.347. The Hall–Kier alpha value is -3.73. The second-order valence-corrected chi connectivity index (χ2v) is 13.5. The first-order chi connectivity index (χ1) is 19.9. The third-order valence-corrected chi connectivity index (χ3v) is 9.15. The summed E-state index contributed by atoms with van der Waals surface area (Å²) >= 11 is 0. The van der Waals surface area contributed by atoms with Gasteiger partial charge in [-0.2, -0.15) is 0 Å². The molecule has 0 unspecified atom stereocenters. The van der Waals surface area contributed by atoms with Crippen molar-refractivity contribution in [3.8, 4) is 5.75 Å². The number of methoxy groups -OCH3 is 1. The summed E-state index contributed by atoms with van der Waals surface area (Å²) in [5.74, 6) is 0.365. The third-order valence-electron chi connectivity index (χ3n) is 8.56. The number of ether oxygens (including phenoxy) is 2. The number of aromatic nitrogens is 1. The van der Waals surface area contributed by atoms with Crippen LogP contribution < -0.4 is 14.8 Å². The van der Waals surface area contributed by atoms with Gasteiger partial charge in [-0.1, -0.05) is 25.1 Å². The molecule has 10 nitrogen and oxygen atoms in total. The molecule has 226 valence electrons. The summed E-state index contributed by atoms with van der Waals surface area (Å²) in [4.78, 5) is 27.6. The predicted octanol–water partition coefficient (Wildman–Crippen LogP) is 5.27. The molecule has 1 saturated heterocycles. The number of hydrogen-bond donors (Lipinski definition) is 2. The third kappa shape index (κ3) is 6.21. The van der Waals surface area contributed by atoms with E-state index in [1.165, 1.54) is 7.11 Å². The number of likely N-dealkylation sites (tertiary alicyclic amines) is 1. The Bertz CT molecular complexity index is 1620. The number of nitrogens with one attached hydrogen (secondary N) is 2. The Morgan fingerprint density at radius 3 is 2.40 bits per heavy atom. The van der Waals surface area contributed by atoms with Gasteiger partial charge in [-0.05, 0) is 79.7 Å². The summed E-state index contributed by atoms with van der Waals surface area (Å²) in [6.07, 6.45) is 5.45. The molecule has 5 rings (SSSR count). The van der Waals surface area contributed by atoms with E-state index in [-0.39, 0.29) is 23.2 Å². The summed E-state index contributed by atoms with van der Waals surface area (Å²) in [6, 6.07) is 11.7. The van der Waals surface area contributed by atoms with Crippen molar-refractivity contribution in [3.63, 3.8) is 0 Å². The number of para-hydroxylation sites is 1. The van der Waals surface area contributed by atoms with Crippen molar-refractivity contribution < 1.29 is 27.5 Å². The minimum atomic E-state index is -3.57. The number of nitrogens with zero attached hydrogens (tertiary/aromatic N) is 2. The molecule has 11 heteroatoms. The highest BCUT2D eigenvalue weighted by Crippen LogP contribution is 2.51. The number of carbonyl (C=O) groups excluding carboxylic acids is 2. The molecule has 2 aromatic carbocycles. The second kappa shape index (κ2) is 11.5. The van der Waals surface area contributed by atoms with Gasteiger partial charge in [-0.25, -0.2) is 13.2 Å². The number of benzene rings is 2. The van der Waals surface area contributed by atoms with Crippen LogP contribution >= 0.6 is 0 Å². The molecule has 1 saturated carbocycles. The van der Waals surface area contributed by atoms with Gasteiger partial charge in [0.1, 0.15) is 5.69 Å². The number of anilines is 2. The maximum atomic E-state index is 13.7. The standard InChI is InChI=1S/C31H40N4O6S/c1-6-41-30(37)35-14-10-20(11-15-35)16-21-8-7-9-22-17-26(34(3)27(21)22)29(36)32-24-18-23(31(2)12-13-31)19-25(28(24)40-4)33-42(5,38)39/h7-9,17-20,33H,6,10-16H2,1-5H3,(H,32,36). The molecule has 2 amide bonds. The number of piperidine rings is 1. The molecule has 42 heavy (non-hydrogen) atoms. The largest absolute Gasteiger partial charge is 0.492 e. The van der Waals surface area contributed by atoms with E-state index in [9.17, 15) is 18.0 Å². The lowest BCUT2D eigenvalue weighted by molar-refractivity contribution is 0.0918. The second-order valence-electron chi connectivity index (χ2n) is 11.8. The molecular weight excluding hydrogens is 556 g/mol. The number of rotatable bonds is 9. The van der Waals surface area contributed by atoms with Gasteiger partial charge in [-0.3, -0.25) is 9.52 Å². The molecule has 0 atom stereocenters. The van der Waals surface area contributed by atoms with E-state index < -0.39 is 10.0 Å². The van der Waals surface area contributed by atoms with E-state index in [2.05, 4.69) is 23.0 Å². The zero-order valence-corrected chi connectivity index (χ0v) is 25.8. The highest BCUT2D eigenvalue weighted by Gasteiger charge is 2.40. The predicted molar refractivity (Wildman–Crippen MR) is 164 cm³/mol. The number of amides is 2. The van der Waals surface area contributed by atoms with Crippen LogP contribution in [0.3, 0.4) is 0 Å². The first kappa shape index (κ1) is 29.8. The van der Waals surface area contributed by atoms with Crippen LogP contribution in [-0.2, 0) is 33.6 Å². The van der Waals surface area contributed by atoms with E-state index in [1.807, 2.05) is 42.8 Å². The van der Waals surface area contributed by atoms with E-state index in [1.54, 1.807) is 11.0 Å². The first-order valence-electron chi connectivity index (χ1n) is 14.4. The highest BCUT2D eigenvalue weighted by molar-refractivity contribution is 7.92. The summed E-state index contributed by atoms with van der Waals surface area (Å²) in [5, 5.41) is 3.97. The molecule has 1 aliphatic carbocycles. The zero-order valence-electron chi connectivity index (χ0n) is 25.0. The Morgan fingerprint density at radius 2 is 1.79 bits per heavy atom. The van der Waals surface area contributed by atoms with Crippen molar-refractivity contribution in [3.05, 3.63) is 53.2 Å². The SMILES string of the molecule is CCOC(=O)N1CCC(Cc2cccc3cc(C(=O)Nc4cc(C5(C)CC5)cc(NS(C)(=O)=O)c4OC)n(C)c23)CC1. The Balaban J connectivity index is 1.40. The van der Waals surface area contributed by atoms with Crippen LogP contribution in [0.15, 0.2) is 36.4 Å². The van der Waals surface area contributed by atoms with Crippen LogP contribution in [-0.4, -0.2) is 62.9 Å². The molecule has 1 aromatic heterocycles. The van der Waals surface area contributed by atoms with Crippen LogP contribution in [0.25, 0.3) is 10.9 Å². The molecule has 1 aliphatic heterocycles. The van der Waals surface area contributed by atoms with Gasteiger partial charge < -0.3 is 24.3 Å². The lowest BCUT2D eigenvalue weighted by Gasteiger charge is -2.31. The fraction of sp³-hybridized carbons (Fsp3) is 0.484. The lowest BCUT2D eigenvalue weighted by Crippen LogP contribution is -2.39. The normalized spacial score (nSPS) is 16.7. The number of aryl methyl sites for hydroxylation is 1. The van der Waals surface area contributed by atoms with Gasteiger partial charge in [-0.15, -0.1) is 0 Å². The molecule has 3 aromatic rings. The van der Waals surface area contributed by atoms with Crippen LogP contribution in [0, 0.1) is 5.92 Å². The van der Waals surface area contributed by atoms with Gasteiger partial charge in [0, 0.05) is 25.5 Å². The van der Waals surface area contributed by atoms with Crippen LogP contribution in [0.1, 0.15) is 61.1 Å². The van der Waals surface area contributed by atoms with Crippen LogP contribution in [0.5, 0.6) is 5.75 Å².